The summed E-state index contributed by atoms with van der Waals surface area (Å²) in [6.45, 7) is 0.0202. The summed E-state index contributed by atoms with van der Waals surface area (Å²) >= 11 is 0. The molecule has 0 saturated heterocycles. The van der Waals surface area contributed by atoms with Crippen LogP contribution in [-0.4, -0.2) is 81.7 Å². The zero-order chi connectivity index (χ0) is 20.7. The van der Waals surface area contributed by atoms with Crippen LogP contribution in [0.15, 0.2) is 24.3 Å². The topological polar surface area (TPSA) is 156 Å². The Morgan fingerprint density at radius 1 is 0.786 bits per heavy atom. The van der Waals surface area contributed by atoms with Gasteiger partial charge in [-0.3, -0.25) is 38.6 Å². The Hall–Kier alpha value is -3.38. The molecular weight excluding hydrogens is 374 g/mol. The first-order valence-corrected chi connectivity index (χ1v) is 8.38. The molecule has 0 fully saturated rings. The van der Waals surface area contributed by atoms with Crippen molar-refractivity contribution in [3.05, 3.63) is 24.3 Å². The Balaban J connectivity index is 1.85. The van der Waals surface area contributed by atoms with Crippen molar-refractivity contribution >= 4 is 35.5 Å². The van der Waals surface area contributed by atoms with Crippen LogP contribution in [0, 0.1) is 0 Å². The van der Waals surface area contributed by atoms with E-state index in [0.29, 0.717) is 0 Å². The zero-order valence-corrected chi connectivity index (χ0v) is 14.8. The number of hydrazine groups is 2. The molecule has 0 aromatic heterocycles. The predicted molar refractivity (Wildman–Crippen MR) is 91.4 cm³/mol. The Morgan fingerprint density at radius 2 is 1.18 bits per heavy atom. The SMILES string of the molecule is O=C(O)CCC(=O)N(NCCN1C(=O)C=CC1=O)NCCN1C(=O)C=CC1=O. The Labute approximate surface area is 159 Å². The van der Waals surface area contributed by atoms with E-state index in [1.54, 1.807) is 0 Å². The third kappa shape index (κ3) is 5.56. The third-order valence-electron chi connectivity index (χ3n) is 3.81. The summed E-state index contributed by atoms with van der Waals surface area (Å²) < 4.78 is 0. The molecule has 0 unspecified atom stereocenters. The molecule has 150 valence electrons. The molecule has 0 radical (unpaired) electrons. The van der Waals surface area contributed by atoms with Gasteiger partial charge in [-0.2, -0.15) is 0 Å². The van der Waals surface area contributed by atoms with Gasteiger partial charge in [0.05, 0.1) is 6.42 Å². The minimum Gasteiger partial charge on any atom is -0.481 e. The van der Waals surface area contributed by atoms with Gasteiger partial charge in [0, 0.05) is 56.9 Å². The van der Waals surface area contributed by atoms with Crippen molar-refractivity contribution in [2.24, 2.45) is 0 Å². The fraction of sp³-hybridized carbons (Fsp3) is 0.375. The third-order valence-corrected chi connectivity index (χ3v) is 3.81. The standard InChI is InChI=1S/C16H19N5O7/c22-11-1-2-12(23)19(11)9-7-17-21(15(26)5-6-16(27)28)18-8-10-20-13(24)3-4-14(20)25/h1-4,17-18H,5-10H2,(H,27,28). The molecule has 2 aliphatic heterocycles. The molecule has 0 bridgehead atoms. The Morgan fingerprint density at radius 3 is 1.54 bits per heavy atom. The number of carboxylic acids is 1. The van der Waals surface area contributed by atoms with Crippen LogP contribution in [0.2, 0.25) is 0 Å². The summed E-state index contributed by atoms with van der Waals surface area (Å²) in [6.07, 6.45) is 3.84. The fourth-order valence-electron chi connectivity index (χ4n) is 2.41. The van der Waals surface area contributed by atoms with Crippen LogP contribution in [-0.2, 0) is 28.8 Å². The van der Waals surface area contributed by atoms with Crippen LogP contribution in [0.5, 0.6) is 0 Å². The number of imide groups is 2. The highest BCUT2D eigenvalue weighted by atomic mass is 16.4. The number of carbonyl (C=O) groups is 6. The summed E-state index contributed by atoms with van der Waals surface area (Å²) in [5, 5.41) is 9.64. The van der Waals surface area contributed by atoms with Crippen molar-refractivity contribution in [2.75, 3.05) is 26.2 Å². The van der Waals surface area contributed by atoms with E-state index in [1.165, 1.54) is 0 Å². The normalized spacial score (nSPS) is 15.9. The van der Waals surface area contributed by atoms with Crippen LogP contribution in [0.4, 0.5) is 0 Å². The first-order chi connectivity index (χ1) is 13.3. The molecule has 0 saturated carbocycles. The highest BCUT2D eigenvalue weighted by molar-refractivity contribution is 6.13. The second-order valence-electron chi connectivity index (χ2n) is 5.76. The van der Waals surface area contributed by atoms with Gasteiger partial charge in [0.25, 0.3) is 29.5 Å². The van der Waals surface area contributed by atoms with Crippen LogP contribution >= 0.6 is 0 Å². The van der Waals surface area contributed by atoms with Crippen molar-refractivity contribution < 1.29 is 33.9 Å². The van der Waals surface area contributed by atoms with E-state index < -0.39 is 41.9 Å². The molecular formula is C16H19N5O7. The Bertz CT molecular complexity index is 676. The van der Waals surface area contributed by atoms with E-state index in [1.807, 2.05) is 0 Å². The molecule has 0 aromatic carbocycles. The molecule has 2 aliphatic rings. The number of amides is 5. The maximum absolute atomic E-state index is 12.2. The molecule has 12 nitrogen and oxygen atoms in total. The number of hydrogen-bond donors (Lipinski definition) is 3. The van der Waals surface area contributed by atoms with Crippen molar-refractivity contribution in [1.82, 2.24) is 25.8 Å². The van der Waals surface area contributed by atoms with Gasteiger partial charge in [0.1, 0.15) is 0 Å². The first kappa shape index (κ1) is 20.9. The molecule has 0 spiro atoms. The van der Waals surface area contributed by atoms with Gasteiger partial charge in [-0.25, -0.2) is 16.0 Å². The van der Waals surface area contributed by atoms with Crippen LogP contribution < -0.4 is 10.9 Å². The van der Waals surface area contributed by atoms with Gasteiger partial charge in [0.15, 0.2) is 0 Å². The highest BCUT2D eigenvalue weighted by Crippen LogP contribution is 2.03. The van der Waals surface area contributed by atoms with Crippen LogP contribution in [0.3, 0.4) is 0 Å². The molecule has 28 heavy (non-hydrogen) atoms. The lowest BCUT2D eigenvalue weighted by atomic mass is 10.3. The highest BCUT2D eigenvalue weighted by Gasteiger charge is 2.25. The number of nitrogens with one attached hydrogen (secondary N) is 2. The summed E-state index contributed by atoms with van der Waals surface area (Å²) in [5.41, 5.74) is 5.32. The Kier molecular flexibility index (Phi) is 7.12. The lowest BCUT2D eigenvalue weighted by Crippen LogP contribution is -2.55. The van der Waals surface area contributed by atoms with E-state index in [9.17, 15) is 28.8 Å². The lowest BCUT2D eigenvalue weighted by Gasteiger charge is -2.26. The molecule has 2 heterocycles. The summed E-state index contributed by atoms with van der Waals surface area (Å²) in [6, 6.07) is 0. The average Bonchev–Trinajstić information content (AvgIpc) is 3.14. The summed E-state index contributed by atoms with van der Waals surface area (Å²) in [5.74, 6) is -3.63. The van der Waals surface area contributed by atoms with E-state index in [2.05, 4.69) is 10.9 Å². The molecule has 0 aliphatic carbocycles. The number of hydrogen-bond acceptors (Lipinski definition) is 8. The first-order valence-electron chi connectivity index (χ1n) is 8.38. The van der Waals surface area contributed by atoms with Gasteiger partial charge in [0.2, 0.25) is 0 Å². The van der Waals surface area contributed by atoms with Crippen molar-refractivity contribution in [3.8, 4) is 0 Å². The average molecular weight is 393 g/mol. The monoisotopic (exact) mass is 393 g/mol. The smallest absolute Gasteiger partial charge is 0.303 e. The number of carbonyl (C=O) groups excluding carboxylic acids is 5. The quantitative estimate of drug-likeness (QED) is 0.256. The minimum absolute atomic E-state index is 0.0118. The number of rotatable bonds is 11. The minimum atomic E-state index is -1.15. The molecule has 0 aromatic rings. The van der Waals surface area contributed by atoms with Crippen molar-refractivity contribution in [1.29, 1.82) is 0 Å². The second-order valence-corrected chi connectivity index (χ2v) is 5.76. The zero-order valence-electron chi connectivity index (χ0n) is 14.8. The molecule has 12 heteroatoms. The molecule has 3 N–H and O–H groups in total. The largest absolute Gasteiger partial charge is 0.481 e. The maximum atomic E-state index is 12.2. The molecule has 0 atom stereocenters. The maximum Gasteiger partial charge on any atom is 0.303 e. The number of carboxylic acid groups (broad SMARTS) is 1. The summed E-state index contributed by atoms with van der Waals surface area (Å²) in [4.78, 5) is 70.8. The van der Waals surface area contributed by atoms with Gasteiger partial charge in [-0.05, 0) is 0 Å². The number of nitrogens with zero attached hydrogens (tertiary/aromatic N) is 3. The van der Waals surface area contributed by atoms with Gasteiger partial charge in [-0.1, -0.05) is 0 Å². The molecule has 5 amide bonds. The van der Waals surface area contributed by atoms with E-state index in [-0.39, 0.29) is 32.6 Å². The van der Waals surface area contributed by atoms with Gasteiger partial charge in [-0.15, -0.1) is 0 Å². The van der Waals surface area contributed by atoms with Crippen molar-refractivity contribution in [2.45, 2.75) is 12.8 Å². The van der Waals surface area contributed by atoms with Gasteiger partial charge < -0.3 is 5.11 Å². The second kappa shape index (κ2) is 9.53. The van der Waals surface area contributed by atoms with Crippen LogP contribution in [0.1, 0.15) is 12.8 Å². The van der Waals surface area contributed by atoms with Crippen LogP contribution in [0.25, 0.3) is 0 Å². The van der Waals surface area contributed by atoms with Crippen molar-refractivity contribution in [3.63, 3.8) is 0 Å². The van der Waals surface area contributed by atoms with Gasteiger partial charge >= 0.3 is 5.97 Å². The predicted octanol–water partition coefficient (Wildman–Crippen LogP) is -2.46. The van der Waals surface area contributed by atoms with E-state index in [0.717, 1.165) is 39.2 Å². The van der Waals surface area contributed by atoms with E-state index >= 15 is 0 Å². The molecule has 2 rings (SSSR count). The van der Waals surface area contributed by atoms with E-state index in [4.69, 9.17) is 5.11 Å². The lowest BCUT2D eigenvalue weighted by molar-refractivity contribution is -0.144. The fourth-order valence-corrected chi connectivity index (χ4v) is 2.41. The number of aliphatic carboxylic acids is 1. The summed E-state index contributed by atoms with van der Waals surface area (Å²) in [7, 11) is 0.